The summed E-state index contributed by atoms with van der Waals surface area (Å²) in [7, 11) is -2.59. The molecule has 0 bridgehead atoms. The van der Waals surface area contributed by atoms with Crippen LogP contribution in [0, 0.1) is 13.8 Å². The van der Waals surface area contributed by atoms with Crippen molar-refractivity contribution in [2.45, 2.75) is 13.8 Å². The minimum atomic E-state index is -2.59. The van der Waals surface area contributed by atoms with Crippen molar-refractivity contribution in [3.8, 4) is 22.3 Å². The molecule has 0 saturated heterocycles. The second-order valence-electron chi connectivity index (χ2n) is 10.4. The zero-order valence-corrected chi connectivity index (χ0v) is 23.5. The molecule has 0 unspecified atom stereocenters. The second-order valence-corrected chi connectivity index (χ2v) is 14.2. The molecule has 0 nitrogen and oxygen atoms in total. The third-order valence-electron chi connectivity index (χ3n) is 7.82. The highest BCUT2D eigenvalue weighted by molar-refractivity contribution is 7.19. The van der Waals surface area contributed by atoms with E-state index in [0.29, 0.717) is 0 Å². The van der Waals surface area contributed by atoms with Crippen LogP contribution in [0.15, 0.2) is 158 Å². The summed E-state index contributed by atoms with van der Waals surface area (Å²) in [4.78, 5) is 0. The average Bonchev–Trinajstić information content (AvgIpc) is 3.01. The topological polar surface area (TPSA) is 0 Å². The minimum absolute atomic E-state index is 1.24. The van der Waals surface area contributed by atoms with Gasteiger partial charge in [0, 0.05) is 0 Å². The molecule has 39 heavy (non-hydrogen) atoms. The Morgan fingerprint density at radius 3 is 0.846 bits per heavy atom. The summed E-state index contributed by atoms with van der Waals surface area (Å²) >= 11 is 0. The van der Waals surface area contributed by atoms with Crippen LogP contribution in [0.2, 0.25) is 0 Å². The summed E-state index contributed by atoms with van der Waals surface area (Å²) in [6, 6.07) is 58.5. The van der Waals surface area contributed by atoms with Gasteiger partial charge in [-0.1, -0.05) is 169 Å². The molecule has 6 aromatic rings. The van der Waals surface area contributed by atoms with E-state index in [-0.39, 0.29) is 0 Å². The van der Waals surface area contributed by atoms with E-state index in [1.54, 1.807) is 0 Å². The average molecular weight is 517 g/mol. The zero-order chi connectivity index (χ0) is 26.7. The molecule has 0 spiro atoms. The van der Waals surface area contributed by atoms with Gasteiger partial charge in [0.25, 0.3) is 0 Å². The van der Waals surface area contributed by atoms with Crippen molar-refractivity contribution >= 4 is 28.8 Å². The van der Waals surface area contributed by atoms with E-state index in [2.05, 4.69) is 172 Å². The molecule has 0 amide bonds. The van der Waals surface area contributed by atoms with Crippen LogP contribution in [-0.2, 0) is 0 Å². The van der Waals surface area contributed by atoms with Gasteiger partial charge in [-0.3, -0.25) is 0 Å². The maximum absolute atomic E-state index is 2.59. The maximum atomic E-state index is 2.37. The fourth-order valence-corrected chi connectivity index (χ4v) is 10.4. The molecule has 0 aliphatic rings. The van der Waals surface area contributed by atoms with E-state index >= 15 is 0 Å². The van der Waals surface area contributed by atoms with Crippen LogP contribution < -0.4 is 20.7 Å². The van der Waals surface area contributed by atoms with Crippen molar-refractivity contribution in [2.75, 3.05) is 0 Å². The Morgan fingerprint density at radius 2 is 0.538 bits per heavy atom. The van der Waals surface area contributed by atoms with Gasteiger partial charge in [0.05, 0.1) is 0 Å². The molecule has 0 radical (unpaired) electrons. The normalized spacial score (nSPS) is 11.3. The summed E-state index contributed by atoms with van der Waals surface area (Å²) in [5.74, 6) is 0. The van der Waals surface area contributed by atoms with Gasteiger partial charge in [0.1, 0.15) is 0 Å². The molecular weight excluding hydrogens is 485 g/mol. The van der Waals surface area contributed by atoms with E-state index in [9.17, 15) is 0 Å². The van der Waals surface area contributed by atoms with Gasteiger partial charge in [-0.05, 0) is 56.8 Å². The number of hydrogen-bond donors (Lipinski definition) is 0. The minimum Gasteiger partial charge on any atom is -0.0622 e. The fraction of sp³-hybridized carbons (Fsp3) is 0.0526. The first-order valence-electron chi connectivity index (χ1n) is 13.6. The van der Waals surface area contributed by atoms with Gasteiger partial charge in [-0.25, -0.2) is 0 Å². The first kappa shape index (κ1) is 24.8. The first-order valence-corrected chi connectivity index (χ1v) is 15.6. The Morgan fingerprint density at radius 1 is 0.282 bits per heavy atom. The third-order valence-corrected chi connectivity index (χ3v) is 12.6. The van der Waals surface area contributed by atoms with Crippen molar-refractivity contribution < 1.29 is 0 Å². The van der Waals surface area contributed by atoms with E-state index < -0.39 is 8.07 Å². The fourth-order valence-electron chi connectivity index (χ4n) is 5.69. The smallest absolute Gasteiger partial charge is 0.0622 e. The van der Waals surface area contributed by atoms with Gasteiger partial charge < -0.3 is 0 Å². The van der Waals surface area contributed by atoms with Crippen molar-refractivity contribution in [3.63, 3.8) is 0 Å². The monoisotopic (exact) mass is 516 g/mol. The number of aryl methyl sites for hydroxylation is 2. The van der Waals surface area contributed by atoms with Crippen LogP contribution >= 0.6 is 0 Å². The molecule has 0 atom stereocenters. The highest BCUT2D eigenvalue weighted by Gasteiger charge is 2.41. The van der Waals surface area contributed by atoms with Crippen molar-refractivity contribution in [1.82, 2.24) is 0 Å². The Balaban J connectivity index is 1.59. The van der Waals surface area contributed by atoms with Crippen LogP contribution in [0.3, 0.4) is 0 Å². The Kier molecular flexibility index (Phi) is 6.83. The number of hydrogen-bond acceptors (Lipinski definition) is 0. The number of rotatable bonds is 6. The van der Waals surface area contributed by atoms with Crippen molar-refractivity contribution in [3.05, 3.63) is 169 Å². The molecule has 0 aromatic heterocycles. The Bertz CT molecular complexity index is 1520. The summed E-state index contributed by atoms with van der Waals surface area (Å²) in [5, 5.41) is 5.58. The lowest BCUT2D eigenvalue weighted by Gasteiger charge is -2.35. The zero-order valence-electron chi connectivity index (χ0n) is 22.5. The molecule has 188 valence electrons. The van der Waals surface area contributed by atoms with Crippen molar-refractivity contribution in [1.29, 1.82) is 0 Å². The van der Waals surface area contributed by atoms with Gasteiger partial charge in [-0.2, -0.15) is 0 Å². The van der Waals surface area contributed by atoms with Crippen LogP contribution in [0.25, 0.3) is 22.3 Å². The predicted octanol–water partition coefficient (Wildman–Crippen LogP) is 7.01. The molecule has 0 N–H and O–H groups in total. The van der Waals surface area contributed by atoms with Crippen LogP contribution in [0.1, 0.15) is 11.1 Å². The summed E-state index contributed by atoms with van der Waals surface area (Å²) in [6.45, 7) is 4.34. The largest absolute Gasteiger partial charge is 0.179 e. The van der Waals surface area contributed by atoms with Gasteiger partial charge >= 0.3 is 0 Å². The lowest BCUT2D eigenvalue weighted by Crippen LogP contribution is -2.74. The van der Waals surface area contributed by atoms with Gasteiger partial charge in [0.15, 0.2) is 8.07 Å². The standard InChI is InChI=1S/C38H32Si/c1-29-13-21-35(22-14-29)39(36-23-15-30(2)16-24-36,37-25-17-33(18-26-37)31-9-5-3-6-10-31)38-27-19-34(20-28-38)32-11-7-4-8-12-32/h3-28H,1-2H3. The molecule has 0 fully saturated rings. The predicted molar refractivity (Wildman–Crippen MR) is 170 cm³/mol. The van der Waals surface area contributed by atoms with Crippen LogP contribution in [0.5, 0.6) is 0 Å². The summed E-state index contributed by atoms with van der Waals surface area (Å²) < 4.78 is 0. The molecule has 0 aliphatic carbocycles. The molecule has 6 aromatic carbocycles. The maximum Gasteiger partial charge on any atom is 0.179 e. The van der Waals surface area contributed by atoms with E-state index in [0.717, 1.165) is 0 Å². The quantitative estimate of drug-likeness (QED) is 0.165. The molecule has 0 aliphatic heterocycles. The lowest BCUT2D eigenvalue weighted by molar-refractivity contribution is 1.48. The molecule has 1 heteroatoms. The summed E-state index contributed by atoms with van der Waals surface area (Å²) in [6.07, 6.45) is 0. The van der Waals surface area contributed by atoms with Gasteiger partial charge in [-0.15, -0.1) is 0 Å². The highest BCUT2D eigenvalue weighted by atomic mass is 28.3. The van der Waals surface area contributed by atoms with E-state index in [1.165, 1.54) is 54.1 Å². The summed E-state index contributed by atoms with van der Waals surface area (Å²) in [5.41, 5.74) is 7.54. The van der Waals surface area contributed by atoms with Crippen LogP contribution in [0.4, 0.5) is 0 Å². The molecule has 0 heterocycles. The second kappa shape index (κ2) is 10.7. The third kappa shape index (κ3) is 4.78. The Hall–Kier alpha value is -4.46. The van der Waals surface area contributed by atoms with Crippen LogP contribution in [-0.4, -0.2) is 8.07 Å². The molecule has 0 saturated carbocycles. The SMILES string of the molecule is Cc1ccc([Si](c2ccc(C)cc2)(c2ccc(-c3ccccc3)cc2)c2ccc(-c3ccccc3)cc2)cc1. The molecular formula is C38H32Si. The highest BCUT2D eigenvalue weighted by Crippen LogP contribution is 2.21. The van der Waals surface area contributed by atoms with E-state index in [4.69, 9.17) is 0 Å². The molecule has 6 rings (SSSR count). The van der Waals surface area contributed by atoms with Gasteiger partial charge in [0.2, 0.25) is 0 Å². The lowest BCUT2D eigenvalue weighted by atomic mass is 10.1. The van der Waals surface area contributed by atoms with Crippen molar-refractivity contribution in [2.24, 2.45) is 0 Å². The number of benzene rings is 6. The first-order chi connectivity index (χ1) is 19.1. The van der Waals surface area contributed by atoms with E-state index in [1.807, 2.05) is 0 Å². The Labute approximate surface area is 233 Å².